The van der Waals surface area contributed by atoms with Gasteiger partial charge < -0.3 is 15.7 Å². The number of aliphatic carboxylic acids is 1. The monoisotopic (exact) mass is 188 g/mol. The van der Waals surface area contributed by atoms with E-state index in [9.17, 15) is 14.4 Å². The number of amides is 2. The normalized spacial score (nSPS) is 11.8. The third-order valence-electron chi connectivity index (χ3n) is 1.51. The van der Waals surface area contributed by atoms with Crippen molar-refractivity contribution in [3.8, 4) is 0 Å². The van der Waals surface area contributed by atoms with E-state index in [1.807, 2.05) is 0 Å². The maximum atomic E-state index is 11.2. The summed E-state index contributed by atoms with van der Waals surface area (Å²) in [5.41, 5.74) is 4.83. The molecular formula is C7H12N2O4. The Morgan fingerprint density at radius 1 is 1.46 bits per heavy atom. The van der Waals surface area contributed by atoms with Crippen molar-refractivity contribution in [1.29, 1.82) is 0 Å². The highest BCUT2D eigenvalue weighted by atomic mass is 16.4. The van der Waals surface area contributed by atoms with E-state index in [0.29, 0.717) is 0 Å². The van der Waals surface area contributed by atoms with E-state index in [4.69, 9.17) is 10.8 Å². The lowest BCUT2D eigenvalue weighted by atomic mass is 10.1. The number of hydrogen-bond donors (Lipinski definition) is 2. The van der Waals surface area contributed by atoms with Gasteiger partial charge in [-0.15, -0.1) is 0 Å². The highest BCUT2D eigenvalue weighted by molar-refractivity contribution is 5.97. The first-order chi connectivity index (χ1) is 5.86. The van der Waals surface area contributed by atoms with Crippen LogP contribution in [0.2, 0.25) is 0 Å². The molecule has 2 amide bonds. The average molecular weight is 188 g/mol. The number of nitrogens with two attached hydrogens (primary N) is 1. The quantitative estimate of drug-likeness (QED) is 0.532. The van der Waals surface area contributed by atoms with Crippen LogP contribution in [-0.4, -0.2) is 41.4 Å². The lowest BCUT2D eigenvalue weighted by Gasteiger charge is -2.17. The number of carbonyl (C=O) groups excluding carboxylic acids is 2. The molecule has 74 valence electrons. The van der Waals surface area contributed by atoms with Gasteiger partial charge >= 0.3 is 5.97 Å². The fraction of sp³-hybridized carbons (Fsp3) is 0.571. The number of carbonyl (C=O) groups is 3. The third kappa shape index (κ3) is 3.55. The van der Waals surface area contributed by atoms with Gasteiger partial charge in [0, 0.05) is 7.05 Å². The van der Waals surface area contributed by atoms with Crippen LogP contribution in [0, 0.1) is 5.92 Å². The molecule has 0 saturated carbocycles. The summed E-state index contributed by atoms with van der Waals surface area (Å²) in [7, 11) is 1.33. The molecule has 0 rings (SSSR count). The molecule has 0 heterocycles. The molecule has 0 aliphatic rings. The summed E-state index contributed by atoms with van der Waals surface area (Å²) < 4.78 is 0. The van der Waals surface area contributed by atoms with Gasteiger partial charge in [0.25, 0.3) is 0 Å². The Kier molecular flexibility index (Phi) is 3.90. The van der Waals surface area contributed by atoms with Crippen molar-refractivity contribution in [3.05, 3.63) is 0 Å². The van der Waals surface area contributed by atoms with Gasteiger partial charge in [-0.2, -0.15) is 0 Å². The molecule has 6 heteroatoms. The number of rotatable bonds is 4. The summed E-state index contributed by atoms with van der Waals surface area (Å²) in [5, 5.41) is 8.47. The van der Waals surface area contributed by atoms with E-state index in [0.717, 1.165) is 4.90 Å². The minimum Gasteiger partial charge on any atom is -0.481 e. The molecule has 6 nitrogen and oxygen atoms in total. The van der Waals surface area contributed by atoms with Crippen LogP contribution in [0.1, 0.15) is 6.92 Å². The Morgan fingerprint density at radius 3 is 2.23 bits per heavy atom. The van der Waals surface area contributed by atoms with Crippen molar-refractivity contribution in [2.75, 3.05) is 13.6 Å². The summed E-state index contributed by atoms with van der Waals surface area (Å²) in [6.07, 6.45) is 0. The first kappa shape index (κ1) is 11.4. The Labute approximate surface area is 75.3 Å². The van der Waals surface area contributed by atoms with Crippen LogP contribution in [0.15, 0.2) is 0 Å². The van der Waals surface area contributed by atoms with Gasteiger partial charge in [0.05, 0.1) is 6.54 Å². The highest BCUT2D eigenvalue weighted by Crippen LogP contribution is 1.99. The fourth-order valence-corrected chi connectivity index (χ4v) is 0.748. The summed E-state index contributed by atoms with van der Waals surface area (Å²) in [5.74, 6) is -3.68. The average Bonchev–Trinajstić information content (AvgIpc) is 2.00. The summed E-state index contributed by atoms with van der Waals surface area (Å²) in [6, 6.07) is 0. The van der Waals surface area contributed by atoms with Gasteiger partial charge in [0.2, 0.25) is 11.8 Å². The van der Waals surface area contributed by atoms with Crippen molar-refractivity contribution in [3.63, 3.8) is 0 Å². The van der Waals surface area contributed by atoms with Crippen molar-refractivity contribution in [2.24, 2.45) is 11.7 Å². The number of nitrogens with zero attached hydrogens (tertiary/aromatic N) is 1. The van der Waals surface area contributed by atoms with E-state index >= 15 is 0 Å². The van der Waals surface area contributed by atoms with E-state index in [1.165, 1.54) is 14.0 Å². The molecular weight excluding hydrogens is 176 g/mol. The number of hydrogen-bond acceptors (Lipinski definition) is 3. The molecule has 0 spiro atoms. The SMILES string of the molecule is CC(C(=O)O)C(=O)N(C)CC(N)=O. The third-order valence-corrected chi connectivity index (χ3v) is 1.51. The number of carboxylic acid groups (broad SMARTS) is 1. The van der Waals surface area contributed by atoms with Crippen molar-refractivity contribution in [2.45, 2.75) is 6.92 Å². The molecule has 0 aliphatic carbocycles. The van der Waals surface area contributed by atoms with E-state index in [1.54, 1.807) is 0 Å². The van der Waals surface area contributed by atoms with Gasteiger partial charge in [-0.05, 0) is 6.92 Å². The second kappa shape index (κ2) is 4.44. The summed E-state index contributed by atoms with van der Waals surface area (Å²) in [4.78, 5) is 32.9. The number of primary amides is 1. The van der Waals surface area contributed by atoms with Crippen molar-refractivity contribution >= 4 is 17.8 Å². The van der Waals surface area contributed by atoms with Gasteiger partial charge in [0.1, 0.15) is 5.92 Å². The van der Waals surface area contributed by atoms with E-state index < -0.39 is 23.7 Å². The fourth-order valence-electron chi connectivity index (χ4n) is 0.748. The molecule has 13 heavy (non-hydrogen) atoms. The molecule has 3 N–H and O–H groups in total. The van der Waals surface area contributed by atoms with Crippen LogP contribution >= 0.6 is 0 Å². The minimum atomic E-state index is -1.22. The molecule has 0 aromatic rings. The smallest absolute Gasteiger partial charge is 0.315 e. The van der Waals surface area contributed by atoms with Gasteiger partial charge in [-0.3, -0.25) is 14.4 Å². The van der Waals surface area contributed by atoms with Gasteiger partial charge in [0.15, 0.2) is 0 Å². The predicted molar refractivity (Wildman–Crippen MR) is 43.6 cm³/mol. The highest BCUT2D eigenvalue weighted by Gasteiger charge is 2.24. The molecule has 0 bridgehead atoms. The standard InChI is InChI=1S/C7H12N2O4/c1-4(7(12)13)6(11)9(2)3-5(8)10/h4H,3H2,1-2H3,(H2,8,10)(H,12,13). The van der Waals surface area contributed by atoms with Crippen LogP contribution in [0.5, 0.6) is 0 Å². The largest absolute Gasteiger partial charge is 0.481 e. The predicted octanol–water partition coefficient (Wildman–Crippen LogP) is -1.35. The second-order valence-electron chi connectivity index (χ2n) is 2.72. The Morgan fingerprint density at radius 2 is 1.92 bits per heavy atom. The molecule has 1 atom stereocenters. The number of carboxylic acids is 1. The Bertz CT molecular complexity index is 239. The lowest BCUT2D eigenvalue weighted by molar-refractivity contribution is -0.150. The van der Waals surface area contributed by atoms with Crippen molar-refractivity contribution < 1.29 is 19.5 Å². The topological polar surface area (TPSA) is 101 Å². The molecule has 0 aliphatic heterocycles. The van der Waals surface area contributed by atoms with Crippen molar-refractivity contribution in [1.82, 2.24) is 4.90 Å². The zero-order valence-corrected chi connectivity index (χ0v) is 7.48. The molecule has 0 aromatic carbocycles. The number of likely N-dealkylation sites (N-methyl/N-ethyl adjacent to an activating group) is 1. The first-order valence-corrected chi connectivity index (χ1v) is 3.62. The molecule has 0 aromatic heterocycles. The molecule has 1 unspecified atom stereocenters. The second-order valence-corrected chi connectivity index (χ2v) is 2.72. The van der Waals surface area contributed by atoms with Crippen LogP contribution in [-0.2, 0) is 14.4 Å². The maximum Gasteiger partial charge on any atom is 0.315 e. The minimum absolute atomic E-state index is 0.267. The Hall–Kier alpha value is -1.59. The summed E-state index contributed by atoms with van der Waals surface area (Å²) >= 11 is 0. The molecule has 0 saturated heterocycles. The maximum absolute atomic E-state index is 11.2. The Balaban J connectivity index is 4.25. The van der Waals surface area contributed by atoms with Crippen LogP contribution < -0.4 is 5.73 Å². The zero-order chi connectivity index (χ0) is 10.6. The van der Waals surface area contributed by atoms with E-state index in [2.05, 4.69) is 0 Å². The first-order valence-electron chi connectivity index (χ1n) is 3.62. The van der Waals surface area contributed by atoms with Crippen LogP contribution in [0.25, 0.3) is 0 Å². The van der Waals surface area contributed by atoms with Gasteiger partial charge in [-0.25, -0.2) is 0 Å². The van der Waals surface area contributed by atoms with Crippen LogP contribution in [0.4, 0.5) is 0 Å². The summed E-state index contributed by atoms with van der Waals surface area (Å²) in [6.45, 7) is 0.985. The molecule has 0 radical (unpaired) electrons. The van der Waals surface area contributed by atoms with Gasteiger partial charge in [-0.1, -0.05) is 0 Å². The molecule has 0 fully saturated rings. The van der Waals surface area contributed by atoms with Crippen LogP contribution in [0.3, 0.4) is 0 Å². The lowest BCUT2D eigenvalue weighted by Crippen LogP contribution is -2.40. The zero-order valence-electron chi connectivity index (χ0n) is 7.48. The van der Waals surface area contributed by atoms with E-state index in [-0.39, 0.29) is 6.54 Å².